The Morgan fingerprint density at radius 2 is 1.53 bits per heavy atom. The summed E-state index contributed by atoms with van der Waals surface area (Å²) in [5, 5.41) is 24.2. The van der Waals surface area contributed by atoms with Crippen molar-refractivity contribution < 1.29 is 28.9 Å². The van der Waals surface area contributed by atoms with Gasteiger partial charge in [-0.2, -0.15) is 0 Å². The summed E-state index contributed by atoms with van der Waals surface area (Å²) < 4.78 is 19.2. The fourth-order valence-electron chi connectivity index (χ4n) is 7.05. The average Bonchev–Trinajstić information content (AvgIpc) is 2.99. The number of aliphatic hydroxyl groups is 2. The Kier molecular flexibility index (Phi) is 11.2. The number of likely N-dealkylation sites (N-methyl/N-ethyl adjacent to an activating group) is 1. The van der Waals surface area contributed by atoms with Crippen LogP contribution in [0.3, 0.4) is 0 Å². The van der Waals surface area contributed by atoms with Crippen molar-refractivity contribution in [2.75, 3.05) is 20.8 Å². The molecule has 1 heterocycles. The Balaban J connectivity index is 2.49. The van der Waals surface area contributed by atoms with Gasteiger partial charge in [-0.25, -0.2) is 0 Å². The first kappa shape index (κ1) is 32.9. The molecule has 1 aromatic rings. The molecule has 0 bridgehead atoms. The van der Waals surface area contributed by atoms with Crippen LogP contribution in [0.25, 0.3) is 0 Å². The Morgan fingerprint density at radius 3 is 1.97 bits per heavy atom. The predicted octanol–water partition coefficient (Wildman–Crippen LogP) is 5.35. The van der Waals surface area contributed by atoms with Gasteiger partial charge in [-0.1, -0.05) is 85.7 Å². The Labute approximate surface area is 232 Å². The molecule has 0 radical (unpaired) electrons. The minimum Gasteiger partial charge on any atom is -0.390 e. The third-order valence-corrected chi connectivity index (χ3v) is 15.0. The number of ether oxygens (including phenoxy) is 2. The number of likely N-dealkylation sites (tertiary alicyclic amines) is 1. The molecule has 0 spiro atoms. The number of amides is 1. The van der Waals surface area contributed by atoms with Crippen LogP contribution in [0, 0.1) is 11.8 Å². The second-order valence-electron chi connectivity index (χ2n) is 12.3. The van der Waals surface area contributed by atoms with Gasteiger partial charge < -0.3 is 29.0 Å². The van der Waals surface area contributed by atoms with E-state index in [1.54, 1.807) is 28.0 Å². The van der Waals surface area contributed by atoms with Crippen LogP contribution in [0.4, 0.5) is 0 Å². The maximum Gasteiger partial charge on any atom is 0.230 e. The smallest absolute Gasteiger partial charge is 0.230 e. The largest absolute Gasteiger partial charge is 0.390 e. The van der Waals surface area contributed by atoms with E-state index in [1.807, 2.05) is 37.3 Å². The molecule has 8 heteroatoms. The summed E-state index contributed by atoms with van der Waals surface area (Å²) in [4.78, 5) is 15.0. The molecule has 6 atom stereocenters. The number of nitrogens with zero attached hydrogens (tertiary/aromatic N) is 1. The molecule has 1 aliphatic heterocycles. The van der Waals surface area contributed by atoms with Crippen LogP contribution < -0.4 is 0 Å². The predicted molar refractivity (Wildman–Crippen MR) is 154 cm³/mol. The Bertz CT molecular complexity index is 872. The number of aliphatic hydroxyl groups excluding tert-OH is 1. The van der Waals surface area contributed by atoms with Crippen molar-refractivity contribution in [3.63, 3.8) is 0 Å². The molecule has 1 aromatic carbocycles. The highest BCUT2D eigenvalue weighted by Gasteiger charge is 2.74. The van der Waals surface area contributed by atoms with Gasteiger partial charge in [-0.05, 0) is 41.4 Å². The first-order valence-electron chi connectivity index (χ1n) is 14.2. The lowest BCUT2D eigenvalue weighted by Crippen LogP contribution is -2.74. The van der Waals surface area contributed by atoms with Crippen LogP contribution in [0.15, 0.2) is 30.3 Å². The third-order valence-electron chi connectivity index (χ3n) is 8.94. The van der Waals surface area contributed by atoms with E-state index < -0.39 is 37.8 Å². The van der Waals surface area contributed by atoms with Crippen molar-refractivity contribution in [3.8, 4) is 0 Å². The van der Waals surface area contributed by atoms with Gasteiger partial charge in [0.2, 0.25) is 14.2 Å². The highest BCUT2D eigenvalue weighted by Crippen LogP contribution is 2.55. The maximum atomic E-state index is 13.6. The van der Waals surface area contributed by atoms with Gasteiger partial charge in [0.25, 0.3) is 0 Å². The van der Waals surface area contributed by atoms with E-state index in [-0.39, 0.29) is 28.4 Å². The molecule has 0 aromatic heterocycles. The van der Waals surface area contributed by atoms with Crippen LogP contribution in [-0.4, -0.2) is 73.6 Å². The van der Waals surface area contributed by atoms with Crippen molar-refractivity contribution in [2.45, 2.75) is 115 Å². The van der Waals surface area contributed by atoms with Gasteiger partial charge >= 0.3 is 0 Å². The zero-order valence-electron chi connectivity index (χ0n) is 25.5. The van der Waals surface area contributed by atoms with Crippen molar-refractivity contribution in [2.24, 2.45) is 11.8 Å². The lowest BCUT2D eigenvalue weighted by atomic mass is 9.74. The number of rotatable bonds is 14. The average molecular weight is 552 g/mol. The van der Waals surface area contributed by atoms with Gasteiger partial charge in [0, 0.05) is 20.8 Å². The van der Waals surface area contributed by atoms with Crippen molar-refractivity contribution in [1.82, 2.24) is 4.90 Å². The summed E-state index contributed by atoms with van der Waals surface area (Å²) in [7, 11) is 0.529. The number of benzene rings is 1. The second-order valence-corrected chi connectivity index (χ2v) is 17.7. The number of carbonyl (C=O) groups excluding carboxylic acids is 1. The summed E-state index contributed by atoms with van der Waals surface area (Å²) in [5.74, 6) is -1.07. The molecule has 0 unspecified atom stereocenters. The molecule has 0 aliphatic carbocycles. The zero-order chi connectivity index (χ0) is 29.1. The second kappa shape index (κ2) is 12.9. The van der Waals surface area contributed by atoms with Gasteiger partial charge in [-0.15, -0.1) is 0 Å². The fourth-order valence-corrected chi connectivity index (χ4v) is 12.8. The van der Waals surface area contributed by atoms with E-state index in [9.17, 15) is 15.0 Å². The Hall–Kier alpha value is -1.29. The van der Waals surface area contributed by atoms with Gasteiger partial charge in [0.05, 0.1) is 18.6 Å². The molecular formula is C30H53NO6Si. The van der Waals surface area contributed by atoms with Crippen LogP contribution in [0.1, 0.15) is 74.3 Å². The van der Waals surface area contributed by atoms with Gasteiger partial charge in [0.15, 0.2) is 11.3 Å². The lowest BCUT2D eigenvalue weighted by Gasteiger charge is -2.57. The molecule has 1 saturated heterocycles. The van der Waals surface area contributed by atoms with Crippen LogP contribution in [0.5, 0.6) is 0 Å². The van der Waals surface area contributed by atoms with Crippen molar-refractivity contribution >= 4 is 14.2 Å². The van der Waals surface area contributed by atoms with Crippen molar-refractivity contribution in [3.05, 3.63) is 35.9 Å². The SMILES string of the molecule is CO[C@@H](C[C@@H](C)COCc1ccccc1)[C@]1(O)[C@@H](C)C(=O)N(C)[C@@]1(O[Si](C(C)C)(C(C)C)C(C)C)[C@@H](C)O. The van der Waals surface area contributed by atoms with Crippen LogP contribution >= 0.6 is 0 Å². The molecule has 2 N–H and O–H groups in total. The number of carbonyl (C=O) groups is 1. The molecule has 2 rings (SSSR count). The number of methoxy groups -OCH3 is 1. The molecule has 1 fully saturated rings. The molecule has 38 heavy (non-hydrogen) atoms. The normalized spacial score (nSPS) is 27.0. The van der Waals surface area contributed by atoms with Gasteiger partial charge in [-0.3, -0.25) is 4.79 Å². The topological polar surface area (TPSA) is 88.5 Å². The molecule has 1 aliphatic rings. The minimum absolute atomic E-state index is 0.0230. The maximum absolute atomic E-state index is 13.6. The highest BCUT2D eigenvalue weighted by molar-refractivity contribution is 6.77. The van der Waals surface area contributed by atoms with E-state index in [1.165, 1.54) is 4.90 Å². The van der Waals surface area contributed by atoms with E-state index in [0.29, 0.717) is 19.6 Å². The summed E-state index contributed by atoms with van der Waals surface area (Å²) >= 11 is 0. The van der Waals surface area contributed by atoms with Crippen LogP contribution in [0.2, 0.25) is 16.6 Å². The fraction of sp³-hybridized carbons (Fsp3) is 0.767. The monoisotopic (exact) mass is 551 g/mol. The summed E-state index contributed by atoms with van der Waals surface area (Å²) in [5.41, 5.74) is -1.78. The lowest BCUT2D eigenvalue weighted by molar-refractivity contribution is -0.269. The summed E-state index contributed by atoms with van der Waals surface area (Å²) in [6.07, 6.45) is -1.49. The Morgan fingerprint density at radius 1 is 1.00 bits per heavy atom. The first-order chi connectivity index (χ1) is 17.6. The van der Waals surface area contributed by atoms with Crippen LogP contribution in [-0.2, 0) is 25.3 Å². The molecule has 218 valence electrons. The summed E-state index contributed by atoms with van der Waals surface area (Å²) in [6.45, 7) is 19.3. The van der Waals surface area contributed by atoms with Gasteiger partial charge in [0.1, 0.15) is 6.10 Å². The van der Waals surface area contributed by atoms with E-state index in [0.717, 1.165) is 5.56 Å². The molecule has 1 amide bonds. The minimum atomic E-state index is -2.67. The summed E-state index contributed by atoms with van der Waals surface area (Å²) in [6, 6.07) is 9.99. The highest BCUT2D eigenvalue weighted by atomic mass is 28.4. The first-order valence-corrected chi connectivity index (χ1v) is 16.3. The number of hydrogen-bond acceptors (Lipinski definition) is 6. The van der Waals surface area contributed by atoms with E-state index in [2.05, 4.69) is 41.5 Å². The molecule has 0 saturated carbocycles. The van der Waals surface area contributed by atoms with Crippen molar-refractivity contribution in [1.29, 1.82) is 0 Å². The standard InChI is InChI=1S/C30H53NO6Si/c1-20(2)38(21(3)4,22(5)6)37-30(25(9)32)29(34,24(8)28(33)31(30)10)27(35-11)17-23(7)18-36-19-26-15-13-12-14-16-26/h12-16,20-25,27,32,34H,17-19H2,1-11H3/t23-,24+,25-,27+,29-,30-/m1/s1. The zero-order valence-corrected chi connectivity index (χ0v) is 26.5. The number of hydrogen-bond donors (Lipinski definition) is 2. The van der Waals surface area contributed by atoms with E-state index >= 15 is 0 Å². The molecule has 7 nitrogen and oxygen atoms in total. The quantitative estimate of drug-likeness (QED) is 0.303. The third kappa shape index (κ3) is 5.63. The van der Waals surface area contributed by atoms with E-state index in [4.69, 9.17) is 13.9 Å². The molecular weight excluding hydrogens is 498 g/mol.